The van der Waals surface area contributed by atoms with Crippen LogP contribution in [0.4, 0.5) is 5.69 Å². The molecule has 0 saturated heterocycles. The molecule has 1 rings (SSSR count). The van der Waals surface area contributed by atoms with Gasteiger partial charge in [-0.05, 0) is 24.3 Å². The Morgan fingerprint density at radius 3 is 2.33 bits per heavy atom. The summed E-state index contributed by atoms with van der Waals surface area (Å²) in [6.45, 7) is 0.354. The van der Waals surface area contributed by atoms with Crippen LogP contribution in [0.5, 0.6) is 0 Å². The second kappa shape index (κ2) is 6.12. The minimum atomic E-state index is -3.16. The number of nitrogens with zero attached hydrogens (tertiary/aromatic N) is 1. The molecular weight excluding hydrogens is 270 g/mol. The van der Waals surface area contributed by atoms with Gasteiger partial charge in [-0.1, -0.05) is 12.2 Å². The number of sulfonamides is 1. The summed E-state index contributed by atoms with van der Waals surface area (Å²) in [5.74, 6) is 0.0526. The molecule has 0 aromatic heterocycles. The highest BCUT2D eigenvalue weighted by Gasteiger charge is 2.12. The zero-order valence-corrected chi connectivity index (χ0v) is 12.0. The van der Waals surface area contributed by atoms with Crippen LogP contribution in [-0.2, 0) is 10.0 Å². The number of thiocarbonyl (C=S) groups is 1. The maximum absolute atomic E-state index is 11.5. The van der Waals surface area contributed by atoms with Crippen molar-refractivity contribution in [3.8, 4) is 0 Å². The summed E-state index contributed by atoms with van der Waals surface area (Å²) in [4.78, 5) is 0.344. The van der Waals surface area contributed by atoms with Crippen LogP contribution in [0.25, 0.3) is 0 Å². The molecule has 0 bridgehead atoms. The molecule has 0 amide bonds. The molecule has 0 aliphatic heterocycles. The van der Waals surface area contributed by atoms with E-state index in [1.165, 1.54) is 18.4 Å². The van der Waals surface area contributed by atoms with Gasteiger partial charge in [-0.3, -0.25) is 0 Å². The third kappa shape index (κ3) is 4.25. The molecule has 0 fully saturated rings. The first-order valence-electron chi connectivity index (χ1n) is 5.37. The largest absolute Gasteiger partial charge is 0.389 e. The normalized spacial score (nSPS) is 11.5. The summed E-state index contributed by atoms with van der Waals surface area (Å²) in [6, 6.07) is 7.23. The molecule has 18 heavy (non-hydrogen) atoms. The van der Waals surface area contributed by atoms with Gasteiger partial charge in [0.25, 0.3) is 0 Å². The molecule has 0 unspecified atom stereocenters. The maximum Gasteiger partial charge on any atom is 0.215 e. The zero-order valence-electron chi connectivity index (χ0n) is 10.4. The third-order valence-electron chi connectivity index (χ3n) is 2.41. The van der Waals surface area contributed by atoms with E-state index >= 15 is 0 Å². The molecule has 3 N–H and O–H groups in total. The van der Waals surface area contributed by atoms with Crippen molar-refractivity contribution in [2.45, 2.75) is 0 Å². The SMILES string of the molecule is CN(C)S(=O)(=O)CCNc1ccc(C(N)=S)cc1. The summed E-state index contributed by atoms with van der Waals surface area (Å²) in [5, 5.41) is 3.03. The topological polar surface area (TPSA) is 75.4 Å². The Hall–Kier alpha value is -1.18. The van der Waals surface area contributed by atoms with Crippen molar-refractivity contribution in [3.63, 3.8) is 0 Å². The Balaban J connectivity index is 2.52. The number of hydrogen-bond donors (Lipinski definition) is 2. The van der Waals surface area contributed by atoms with Crippen molar-refractivity contribution in [2.24, 2.45) is 5.73 Å². The maximum atomic E-state index is 11.5. The van der Waals surface area contributed by atoms with Gasteiger partial charge in [0.15, 0.2) is 0 Å². The first kappa shape index (κ1) is 14.9. The lowest BCUT2D eigenvalue weighted by Crippen LogP contribution is -2.28. The molecule has 0 radical (unpaired) electrons. The number of nitrogens with one attached hydrogen (secondary N) is 1. The second-order valence-electron chi connectivity index (χ2n) is 3.97. The van der Waals surface area contributed by atoms with Gasteiger partial charge in [-0.2, -0.15) is 0 Å². The number of nitrogens with two attached hydrogens (primary N) is 1. The highest BCUT2D eigenvalue weighted by Crippen LogP contribution is 2.09. The lowest BCUT2D eigenvalue weighted by Gasteiger charge is -2.12. The van der Waals surface area contributed by atoms with Gasteiger partial charge in [0.05, 0.1) is 5.75 Å². The van der Waals surface area contributed by atoms with Gasteiger partial charge in [0, 0.05) is 31.9 Å². The fraction of sp³-hybridized carbons (Fsp3) is 0.364. The molecule has 5 nitrogen and oxygen atoms in total. The average Bonchev–Trinajstić information content (AvgIpc) is 2.29. The van der Waals surface area contributed by atoms with Crippen molar-refractivity contribution in [2.75, 3.05) is 31.7 Å². The standard InChI is InChI=1S/C11H17N3O2S2/c1-14(2)18(15,16)8-7-13-10-5-3-9(4-6-10)11(12)17/h3-6,13H,7-8H2,1-2H3,(H2,12,17). The van der Waals surface area contributed by atoms with Gasteiger partial charge in [0.2, 0.25) is 10.0 Å². The molecule has 7 heteroatoms. The smallest absolute Gasteiger partial charge is 0.215 e. The van der Waals surface area contributed by atoms with Crippen molar-refractivity contribution in [3.05, 3.63) is 29.8 Å². The van der Waals surface area contributed by atoms with E-state index in [-0.39, 0.29) is 5.75 Å². The van der Waals surface area contributed by atoms with Crippen LogP contribution in [-0.4, -0.2) is 44.1 Å². The van der Waals surface area contributed by atoms with E-state index in [1.807, 2.05) is 12.1 Å². The molecule has 0 aliphatic carbocycles. The van der Waals surface area contributed by atoms with Crippen LogP contribution >= 0.6 is 12.2 Å². The van der Waals surface area contributed by atoms with Crippen molar-refractivity contribution >= 4 is 32.9 Å². The molecule has 0 spiro atoms. The summed E-state index contributed by atoms with van der Waals surface area (Å²) >= 11 is 4.84. The Morgan fingerprint density at radius 1 is 1.33 bits per heavy atom. The first-order chi connectivity index (χ1) is 8.33. The quantitative estimate of drug-likeness (QED) is 0.750. The van der Waals surface area contributed by atoms with E-state index in [9.17, 15) is 8.42 Å². The fourth-order valence-electron chi connectivity index (χ4n) is 1.26. The lowest BCUT2D eigenvalue weighted by molar-refractivity contribution is 0.521. The number of rotatable bonds is 6. The predicted molar refractivity (Wildman–Crippen MR) is 78.3 cm³/mol. The van der Waals surface area contributed by atoms with Crippen LogP contribution in [0.1, 0.15) is 5.56 Å². The predicted octanol–water partition coefficient (Wildman–Crippen LogP) is 0.624. The van der Waals surface area contributed by atoms with Gasteiger partial charge in [0.1, 0.15) is 4.99 Å². The number of benzene rings is 1. The Labute approximate surface area is 113 Å². The van der Waals surface area contributed by atoms with Crippen molar-refractivity contribution in [1.82, 2.24) is 4.31 Å². The zero-order chi connectivity index (χ0) is 13.8. The molecule has 0 atom stereocenters. The highest BCUT2D eigenvalue weighted by molar-refractivity contribution is 7.89. The molecule has 100 valence electrons. The average molecular weight is 287 g/mol. The van der Waals surface area contributed by atoms with E-state index in [1.54, 1.807) is 12.1 Å². The Bertz CT molecular complexity index is 510. The monoisotopic (exact) mass is 287 g/mol. The summed E-state index contributed by atoms with van der Waals surface area (Å²) < 4.78 is 24.2. The molecule has 1 aromatic carbocycles. The highest BCUT2D eigenvalue weighted by atomic mass is 32.2. The number of hydrogen-bond acceptors (Lipinski definition) is 4. The van der Waals surface area contributed by atoms with Crippen LogP contribution < -0.4 is 11.1 Å². The Morgan fingerprint density at radius 2 is 1.89 bits per heavy atom. The third-order valence-corrected chi connectivity index (χ3v) is 4.48. The molecule has 0 aliphatic rings. The molecule has 1 aromatic rings. The lowest BCUT2D eigenvalue weighted by atomic mass is 10.2. The summed E-state index contributed by atoms with van der Waals surface area (Å²) in [5.41, 5.74) is 7.11. The second-order valence-corrected chi connectivity index (χ2v) is 6.71. The van der Waals surface area contributed by atoms with Crippen LogP contribution in [0.2, 0.25) is 0 Å². The van der Waals surface area contributed by atoms with E-state index in [4.69, 9.17) is 18.0 Å². The van der Waals surface area contributed by atoms with Crippen molar-refractivity contribution < 1.29 is 8.42 Å². The van der Waals surface area contributed by atoms with E-state index < -0.39 is 10.0 Å². The van der Waals surface area contributed by atoms with Gasteiger partial charge in [-0.15, -0.1) is 0 Å². The van der Waals surface area contributed by atoms with Crippen LogP contribution in [0.15, 0.2) is 24.3 Å². The summed E-state index contributed by atoms with van der Waals surface area (Å²) in [6.07, 6.45) is 0. The number of anilines is 1. The van der Waals surface area contributed by atoms with Gasteiger partial charge < -0.3 is 11.1 Å². The minimum Gasteiger partial charge on any atom is -0.389 e. The molecule has 0 heterocycles. The van der Waals surface area contributed by atoms with Crippen LogP contribution in [0, 0.1) is 0 Å². The molecule has 0 saturated carbocycles. The van der Waals surface area contributed by atoms with Crippen molar-refractivity contribution in [1.29, 1.82) is 0 Å². The van der Waals surface area contributed by atoms with Gasteiger partial charge >= 0.3 is 0 Å². The van der Waals surface area contributed by atoms with Crippen LogP contribution in [0.3, 0.4) is 0 Å². The van der Waals surface area contributed by atoms with E-state index in [0.29, 0.717) is 11.5 Å². The van der Waals surface area contributed by atoms with E-state index in [2.05, 4.69) is 5.32 Å². The molecular formula is C11H17N3O2S2. The Kier molecular flexibility index (Phi) is 5.06. The van der Waals surface area contributed by atoms with E-state index in [0.717, 1.165) is 11.3 Å². The summed E-state index contributed by atoms with van der Waals surface area (Å²) in [7, 11) is -0.120. The van der Waals surface area contributed by atoms with Gasteiger partial charge in [-0.25, -0.2) is 12.7 Å². The first-order valence-corrected chi connectivity index (χ1v) is 7.38. The fourth-order valence-corrected chi connectivity index (χ4v) is 2.12. The minimum absolute atomic E-state index is 0.0526.